The van der Waals surface area contributed by atoms with Crippen LogP contribution in [0.15, 0.2) is 36.4 Å². The number of alkyl halides is 3. The Bertz CT molecular complexity index is 1300. The van der Waals surface area contributed by atoms with Crippen LogP contribution in [0.5, 0.6) is 5.75 Å². The Hall–Kier alpha value is -2.71. The summed E-state index contributed by atoms with van der Waals surface area (Å²) < 4.78 is 50.1. The number of ether oxygens (including phenoxy) is 1. The lowest BCUT2D eigenvalue weighted by Crippen LogP contribution is -2.40. The number of aromatic nitrogens is 1. The van der Waals surface area contributed by atoms with Crippen LogP contribution in [0.2, 0.25) is 10.0 Å². The Morgan fingerprint density at radius 2 is 1.81 bits per heavy atom. The largest absolute Gasteiger partial charge is 0.494 e. The van der Waals surface area contributed by atoms with Crippen molar-refractivity contribution in [3.05, 3.63) is 63.3 Å². The van der Waals surface area contributed by atoms with Gasteiger partial charge in [-0.15, -0.1) is 0 Å². The van der Waals surface area contributed by atoms with Gasteiger partial charge in [0.2, 0.25) is 0 Å². The third kappa shape index (κ3) is 5.49. The summed E-state index contributed by atoms with van der Waals surface area (Å²) in [6.45, 7) is 1.74. The predicted octanol–water partition coefficient (Wildman–Crippen LogP) is 7.05. The van der Waals surface area contributed by atoms with Crippen LogP contribution in [0, 0.1) is 0 Å². The van der Waals surface area contributed by atoms with E-state index in [9.17, 15) is 22.8 Å². The molecule has 0 spiro atoms. The van der Waals surface area contributed by atoms with Gasteiger partial charge in [-0.05, 0) is 55.7 Å². The molecule has 1 aromatic heterocycles. The molecule has 1 amide bonds. The highest BCUT2D eigenvalue weighted by Crippen LogP contribution is 2.40. The Balaban J connectivity index is 1.88. The molecule has 1 aliphatic rings. The lowest BCUT2D eigenvalue weighted by Gasteiger charge is -2.22. The molecule has 3 aromatic rings. The second-order valence-corrected chi connectivity index (χ2v) is 9.64. The number of benzene rings is 2. The van der Waals surface area contributed by atoms with E-state index in [-0.39, 0.29) is 35.1 Å². The third-order valence-electron chi connectivity index (χ3n) is 6.33. The molecule has 1 saturated carbocycles. The van der Waals surface area contributed by atoms with Gasteiger partial charge in [0.15, 0.2) is 0 Å². The molecule has 4 rings (SSSR count). The smallest absolute Gasteiger partial charge is 0.432 e. The summed E-state index contributed by atoms with van der Waals surface area (Å²) >= 11 is 12.2. The molecular weight excluding hydrogens is 516 g/mol. The molecule has 1 aliphatic carbocycles. The van der Waals surface area contributed by atoms with Crippen LogP contribution in [-0.2, 0) is 17.5 Å². The average molecular weight is 541 g/mol. The van der Waals surface area contributed by atoms with Gasteiger partial charge < -0.3 is 14.6 Å². The number of Topliss-reactive ketones (excluding diaryl/α,β-unsaturated/α-hetero) is 1. The molecule has 36 heavy (non-hydrogen) atoms. The van der Waals surface area contributed by atoms with E-state index < -0.39 is 29.1 Å². The van der Waals surface area contributed by atoms with Crippen molar-refractivity contribution in [2.45, 2.75) is 57.8 Å². The van der Waals surface area contributed by atoms with Gasteiger partial charge in [-0.2, -0.15) is 13.2 Å². The molecule has 0 atom stereocenters. The minimum Gasteiger partial charge on any atom is -0.494 e. The summed E-state index contributed by atoms with van der Waals surface area (Å²) in [4.78, 5) is 26.2. The Morgan fingerprint density at radius 1 is 1.08 bits per heavy atom. The van der Waals surface area contributed by atoms with Crippen molar-refractivity contribution < 1.29 is 27.5 Å². The van der Waals surface area contributed by atoms with Crippen molar-refractivity contribution in [3.63, 3.8) is 0 Å². The lowest BCUT2D eigenvalue weighted by molar-refractivity contribution is -0.143. The second-order valence-electron chi connectivity index (χ2n) is 8.79. The SMILES string of the molecule is CCOc1ccc2c(c1)c(C(=O)C(=O)NC1CCCCC1)c(C(F)(F)F)n2Cc1ccc(Cl)cc1Cl. The number of hydrogen-bond acceptors (Lipinski definition) is 3. The number of carbonyl (C=O) groups is 2. The summed E-state index contributed by atoms with van der Waals surface area (Å²) in [6, 6.07) is 8.62. The highest BCUT2D eigenvalue weighted by Gasteiger charge is 2.43. The number of hydrogen-bond donors (Lipinski definition) is 1. The van der Waals surface area contributed by atoms with Gasteiger partial charge in [0.05, 0.1) is 12.2 Å². The molecular formula is C26H25Cl2F3N2O3. The molecule has 0 unspecified atom stereocenters. The highest BCUT2D eigenvalue weighted by atomic mass is 35.5. The zero-order chi connectivity index (χ0) is 26.0. The number of rotatable bonds is 7. The monoisotopic (exact) mass is 540 g/mol. The number of nitrogens with one attached hydrogen (secondary N) is 1. The Kier molecular flexibility index (Phi) is 7.85. The van der Waals surface area contributed by atoms with E-state index in [1.165, 1.54) is 36.4 Å². The lowest BCUT2D eigenvalue weighted by atomic mass is 9.95. The minimum absolute atomic E-state index is 0.0119. The highest BCUT2D eigenvalue weighted by molar-refractivity contribution is 6.45. The first-order valence-electron chi connectivity index (χ1n) is 11.8. The first kappa shape index (κ1) is 26.4. The van der Waals surface area contributed by atoms with E-state index in [1.54, 1.807) is 6.92 Å². The first-order chi connectivity index (χ1) is 17.1. The summed E-state index contributed by atoms with van der Waals surface area (Å²) in [7, 11) is 0. The molecule has 192 valence electrons. The van der Waals surface area contributed by atoms with Crippen molar-refractivity contribution >= 4 is 45.8 Å². The molecule has 0 aliphatic heterocycles. The summed E-state index contributed by atoms with van der Waals surface area (Å²) in [5.74, 6) is -1.98. The molecule has 0 radical (unpaired) electrons. The zero-order valence-electron chi connectivity index (χ0n) is 19.6. The van der Waals surface area contributed by atoms with E-state index in [1.807, 2.05) is 0 Å². The van der Waals surface area contributed by atoms with Gasteiger partial charge in [-0.3, -0.25) is 9.59 Å². The first-order valence-corrected chi connectivity index (χ1v) is 12.5. The summed E-state index contributed by atoms with van der Waals surface area (Å²) in [6.07, 6.45) is -0.732. The number of carbonyl (C=O) groups excluding carboxylic acids is 2. The average Bonchev–Trinajstić information content (AvgIpc) is 3.15. The number of ketones is 1. The van der Waals surface area contributed by atoms with Gasteiger partial charge >= 0.3 is 6.18 Å². The molecule has 0 saturated heterocycles. The standard InChI is InChI=1S/C26H25Cl2F3N2O3/c1-2-36-18-10-11-21-19(13-18)22(23(34)25(35)32-17-6-4-3-5-7-17)24(26(29,30)31)33(21)14-15-8-9-16(27)12-20(15)28/h8-13,17H,2-7,14H2,1H3,(H,32,35). The second kappa shape index (κ2) is 10.7. The van der Waals surface area contributed by atoms with Crippen molar-refractivity contribution in [2.75, 3.05) is 6.61 Å². The van der Waals surface area contributed by atoms with Crippen LogP contribution in [0.25, 0.3) is 10.9 Å². The van der Waals surface area contributed by atoms with E-state index in [2.05, 4.69) is 5.32 Å². The summed E-state index contributed by atoms with van der Waals surface area (Å²) in [5.41, 5.74) is -1.40. The molecule has 1 fully saturated rings. The van der Waals surface area contributed by atoms with Crippen LogP contribution in [0.4, 0.5) is 13.2 Å². The fourth-order valence-corrected chi connectivity index (χ4v) is 5.18. The minimum atomic E-state index is -4.93. The Morgan fingerprint density at radius 3 is 2.44 bits per heavy atom. The number of halogens is 5. The van der Waals surface area contributed by atoms with Crippen LogP contribution in [0.1, 0.15) is 60.6 Å². The van der Waals surface area contributed by atoms with E-state index in [0.29, 0.717) is 29.2 Å². The maximum absolute atomic E-state index is 14.6. The van der Waals surface area contributed by atoms with E-state index in [0.717, 1.165) is 23.8 Å². The van der Waals surface area contributed by atoms with E-state index in [4.69, 9.17) is 27.9 Å². The van der Waals surface area contributed by atoms with Crippen molar-refractivity contribution in [1.82, 2.24) is 9.88 Å². The van der Waals surface area contributed by atoms with Crippen LogP contribution >= 0.6 is 23.2 Å². The molecule has 10 heteroatoms. The van der Waals surface area contributed by atoms with Crippen LogP contribution in [0.3, 0.4) is 0 Å². The zero-order valence-corrected chi connectivity index (χ0v) is 21.1. The molecule has 0 bridgehead atoms. The molecule has 5 nitrogen and oxygen atoms in total. The van der Waals surface area contributed by atoms with Gasteiger partial charge in [-0.25, -0.2) is 0 Å². The maximum Gasteiger partial charge on any atom is 0.432 e. The topological polar surface area (TPSA) is 60.3 Å². The maximum atomic E-state index is 14.6. The number of amides is 1. The fraction of sp³-hybridized carbons (Fsp3) is 0.385. The number of fused-ring (bicyclic) bond motifs is 1. The molecule has 2 aromatic carbocycles. The molecule has 1 N–H and O–H groups in total. The fourth-order valence-electron chi connectivity index (χ4n) is 4.71. The van der Waals surface area contributed by atoms with Gasteiger partial charge in [0, 0.05) is 33.5 Å². The van der Waals surface area contributed by atoms with Crippen molar-refractivity contribution in [2.24, 2.45) is 0 Å². The molecule has 1 heterocycles. The van der Waals surface area contributed by atoms with Crippen LogP contribution < -0.4 is 10.1 Å². The normalized spacial score (nSPS) is 14.7. The predicted molar refractivity (Wildman–Crippen MR) is 133 cm³/mol. The van der Waals surface area contributed by atoms with Gasteiger partial charge in [0.25, 0.3) is 11.7 Å². The van der Waals surface area contributed by atoms with Crippen molar-refractivity contribution in [1.29, 1.82) is 0 Å². The van der Waals surface area contributed by atoms with Gasteiger partial charge in [0.1, 0.15) is 11.4 Å². The quantitative estimate of drug-likeness (QED) is 0.258. The number of nitrogens with zero attached hydrogens (tertiary/aromatic N) is 1. The summed E-state index contributed by atoms with van der Waals surface area (Å²) in [5, 5.41) is 3.16. The van der Waals surface area contributed by atoms with Crippen LogP contribution in [-0.4, -0.2) is 28.9 Å². The third-order valence-corrected chi connectivity index (χ3v) is 6.92. The van der Waals surface area contributed by atoms with E-state index >= 15 is 0 Å². The Labute approximate surface area is 216 Å². The van der Waals surface area contributed by atoms with Gasteiger partial charge in [-0.1, -0.05) is 48.5 Å². The van der Waals surface area contributed by atoms with Crippen molar-refractivity contribution in [3.8, 4) is 5.75 Å².